The van der Waals surface area contributed by atoms with E-state index in [-0.39, 0.29) is 41.7 Å². The minimum atomic E-state index is -0.204. The fourth-order valence-corrected chi connectivity index (χ4v) is 4.86. The zero-order valence-electron chi connectivity index (χ0n) is 13.9. The van der Waals surface area contributed by atoms with E-state index < -0.39 is 0 Å². The van der Waals surface area contributed by atoms with Crippen molar-refractivity contribution in [3.63, 3.8) is 0 Å². The van der Waals surface area contributed by atoms with Crippen LogP contribution in [0.15, 0.2) is 30.3 Å². The number of nitrogens with zero attached hydrogens (tertiary/aromatic N) is 2. The van der Waals surface area contributed by atoms with E-state index in [4.69, 9.17) is 6.42 Å². The second-order valence-corrected chi connectivity index (χ2v) is 7.24. The van der Waals surface area contributed by atoms with Gasteiger partial charge in [0.2, 0.25) is 11.8 Å². The fraction of sp³-hybridized carbons (Fsp3) is 0.500. The Kier molecular flexibility index (Phi) is 3.69. The smallest absolute Gasteiger partial charge is 0.235 e. The van der Waals surface area contributed by atoms with E-state index in [1.165, 1.54) is 4.90 Å². The first-order valence-corrected chi connectivity index (χ1v) is 8.73. The molecule has 3 saturated heterocycles. The Morgan fingerprint density at radius 2 is 1.88 bits per heavy atom. The predicted octanol–water partition coefficient (Wildman–Crippen LogP) is 1.90. The van der Waals surface area contributed by atoms with Crippen LogP contribution >= 0.6 is 0 Å². The van der Waals surface area contributed by atoms with E-state index in [0.29, 0.717) is 6.54 Å². The highest BCUT2D eigenvalue weighted by Crippen LogP contribution is 2.49. The van der Waals surface area contributed by atoms with Crippen LogP contribution in [0.4, 0.5) is 0 Å². The second kappa shape index (κ2) is 5.75. The van der Waals surface area contributed by atoms with Gasteiger partial charge in [-0.05, 0) is 31.2 Å². The minimum absolute atomic E-state index is 0.00234. The van der Waals surface area contributed by atoms with Gasteiger partial charge in [-0.1, -0.05) is 36.3 Å². The van der Waals surface area contributed by atoms with E-state index >= 15 is 0 Å². The van der Waals surface area contributed by atoms with Crippen LogP contribution < -0.4 is 0 Å². The minimum Gasteiger partial charge on any atom is -0.286 e. The number of benzene rings is 1. The molecule has 24 heavy (non-hydrogen) atoms. The molecule has 1 aromatic rings. The number of fused-ring (bicyclic) bond motifs is 2. The molecule has 5 atom stereocenters. The van der Waals surface area contributed by atoms with Gasteiger partial charge in [-0.2, -0.15) is 0 Å². The van der Waals surface area contributed by atoms with Crippen LogP contribution in [-0.2, 0) is 16.1 Å². The lowest BCUT2D eigenvalue weighted by molar-refractivity contribution is -0.140. The summed E-state index contributed by atoms with van der Waals surface area (Å²) in [5.41, 5.74) is 0.999. The first-order chi connectivity index (χ1) is 11.6. The first kappa shape index (κ1) is 15.4. The van der Waals surface area contributed by atoms with Gasteiger partial charge in [0.1, 0.15) is 0 Å². The maximum atomic E-state index is 13.0. The largest absolute Gasteiger partial charge is 0.286 e. The van der Waals surface area contributed by atoms with Gasteiger partial charge in [-0.15, -0.1) is 6.42 Å². The Bertz CT molecular complexity index is 708. The van der Waals surface area contributed by atoms with Crippen molar-refractivity contribution in [2.45, 2.75) is 38.4 Å². The summed E-state index contributed by atoms with van der Waals surface area (Å²) in [5, 5.41) is 0. The second-order valence-electron chi connectivity index (χ2n) is 7.24. The highest BCUT2D eigenvalue weighted by molar-refractivity contribution is 6.06. The molecule has 4 nitrogen and oxygen atoms in total. The zero-order chi connectivity index (χ0) is 16.8. The summed E-state index contributed by atoms with van der Waals surface area (Å²) in [6, 6.07) is 9.87. The monoisotopic (exact) mass is 322 g/mol. The summed E-state index contributed by atoms with van der Waals surface area (Å²) in [4.78, 5) is 29.7. The van der Waals surface area contributed by atoms with Crippen LogP contribution in [0.2, 0.25) is 0 Å². The number of imide groups is 1. The molecule has 1 saturated carbocycles. The van der Waals surface area contributed by atoms with Crippen LogP contribution in [0, 0.1) is 30.1 Å². The number of rotatable bonds is 3. The number of likely N-dealkylation sites (tertiary alicyclic amines) is 1. The third-order valence-corrected chi connectivity index (χ3v) is 6.04. The topological polar surface area (TPSA) is 40.6 Å². The van der Waals surface area contributed by atoms with Crippen molar-refractivity contribution in [2.75, 3.05) is 6.54 Å². The summed E-state index contributed by atoms with van der Waals surface area (Å²) in [6.45, 7) is 3.24. The standard InChI is InChI=1S/C20H22N2O2/c1-3-13(2)21-12-15-9-10-16(21)18-17(15)19(23)22(20(18)24)11-14-7-5-4-6-8-14/h1,4-8,13,15-18H,9-12H2,2H3/t13?,15-,16-,17-,18+/m0/s1. The lowest BCUT2D eigenvalue weighted by Crippen LogP contribution is -2.60. The van der Waals surface area contributed by atoms with Crippen molar-refractivity contribution in [3.8, 4) is 12.3 Å². The average molecular weight is 322 g/mol. The average Bonchev–Trinajstić information content (AvgIpc) is 2.89. The van der Waals surface area contributed by atoms with Crippen molar-refractivity contribution >= 4 is 11.8 Å². The summed E-state index contributed by atoms with van der Waals surface area (Å²) >= 11 is 0. The Hall–Kier alpha value is -2.12. The maximum absolute atomic E-state index is 13.0. The highest BCUT2D eigenvalue weighted by Gasteiger charge is 2.60. The van der Waals surface area contributed by atoms with Crippen molar-refractivity contribution in [2.24, 2.45) is 17.8 Å². The molecule has 1 unspecified atom stereocenters. The maximum Gasteiger partial charge on any atom is 0.235 e. The zero-order valence-corrected chi connectivity index (χ0v) is 13.9. The normalized spacial score (nSPS) is 33.4. The van der Waals surface area contributed by atoms with Crippen LogP contribution in [0.5, 0.6) is 0 Å². The number of carbonyl (C=O) groups excluding carboxylic acids is 2. The van der Waals surface area contributed by atoms with Crippen molar-refractivity contribution in [1.82, 2.24) is 9.80 Å². The van der Waals surface area contributed by atoms with Gasteiger partial charge in [0, 0.05) is 12.6 Å². The van der Waals surface area contributed by atoms with Crippen LogP contribution in [0.25, 0.3) is 0 Å². The van der Waals surface area contributed by atoms with Gasteiger partial charge < -0.3 is 0 Å². The van der Waals surface area contributed by atoms with E-state index in [1.807, 2.05) is 37.3 Å². The molecular formula is C20H22N2O2. The Labute approximate surface area is 142 Å². The Morgan fingerprint density at radius 3 is 2.58 bits per heavy atom. The van der Waals surface area contributed by atoms with Gasteiger partial charge in [0.15, 0.2) is 0 Å². The van der Waals surface area contributed by atoms with Crippen molar-refractivity contribution in [3.05, 3.63) is 35.9 Å². The number of hydrogen-bond donors (Lipinski definition) is 0. The molecule has 0 radical (unpaired) electrons. The lowest BCUT2D eigenvalue weighted by Gasteiger charge is -2.51. The molecule has 1 aliphatic carbocycles. The Morgan fingerprint density at radius 1 is 1.17 bits per heavy atom. The number of amides is 2. The molecule has 3 aliphatic heterocycles. The number of carbonyl (C=O) groups is 2. The van der Waals surface area contributed by atoms with E-state index in [2.05, 4.69) is 10.8 Å². The Balaban J connectivity index is 1.62. The van der Waals surface area contributed by atoms with Gasteiger partial charge in [0.05, 0.1) is 24.4 Å². The SMILES string of the molecule is C#CC(C)N1C[C@@H]2CC[C@H]1[C@H]1C(=O)N(Cc3ccccc3)C(=O)[C@@H]21. The van der Waals surface area contributed by atoms with Crippen LogP contribution in [0.3, 0.4) is 0 Å². The third kappa shape index (κ3) is 2.19. The molecule has 4 fully saturated rings. The quantitative estimate of drug-likeness (QED) is 0.630. The molecule has 0 aromatic heterocycles. The van der Waals surface area contributed by atoms with Gasteiger partial charge in [0.25, 0.3) is 0 Å². The van der Waals surface area contributed by atoms with E-state index in [9.17, 15) is 9.59 Å². The summed E-state index contributed by atoms with van der Waals surface area (Å²) in [5.74, 6) is 2.73. The van der Waals surface area contributed by atoms with Gasteiger partial charge in [-0.25, -0.2) is 0 Å². The van der Waals surface area contributed by atoms with Crippen LogP contribution in [0.1, 0.15) is 25.3 Å². The summed E-state index contributed by atoms with van der Waals surface area (Å²) in [6.07, 6.45) is 7.60. The molecule has 2 bridgehead atoms. The molecule has 2 amide bonds. The number of terminal acetylenes is 1. The molecule has 124 valence electrons. The lowest BCUT2D eigenvalue weighted by atomic mass is 9.66. The fourth-order valence-electron chi connectivity index (χ4n) is 4.86. The molecule has 5 rings (SSSR count). The third-order valence-electron chi connectivity index (χ3n) is 6.04. The summed E-state index contributed by atoms with van der Waals surface area (Å²) < 4.78 is 0. The van der Waals surface area contributed by atoms with Crippen molar-refractivity contribution < 1.29 is 9.59 Å². The van der Waals surface area contributed by atoms with E-state index in [0.717, 1.165) is 24.9 Å². The van der Waals surface area contributed by atoms with Gasteiger partial charge in [-0.3, -0.25) is 19.4 Å². The van der Waals surface area contributed by atoms with Crippen LogP contribution in [-0.4, -0.2) is 40.2 Å². The molecular weight excluding hydrogens is 300 g/mol. The van der Waals surface area contributed by atoms with E-state index in [1.54, 1.807) is 0 Å². The molecule has 1 aromatic carbocycles. The van der Waals surface area contributed by atoms with Crippen molar-refractivity contribution in [1.29, 1.82) is 0 Å². The highest BCUT2D eigenvalue weighted by atomic mass is 16.2. The predicted molar refractivity (Wildman–Crippen MR) is 90.5 cm³/mol. The molecule has 0 N–H and O–H groups in total. The number of hydrogen-bond acceptors (Lipinski definition) is 3. The summed E-state index contributed by atoms with van der Waals surface area (Å²) in [7, 11) is 0. The molecule has 3 heterocycles. The first-order valence-electron chi connectivity index (χ1n) is 8.73. The molecule has 0 spiro atoms. The molecule has 4 aliphatic rings. The molecule has 4 heteroatoms. The van der Waals surface area contributed by atoms with Gasteiger partial charge >= 0.3 is 0 Å². The number of piperidine rings is 2.